The van der Waals surface area contributed by atoms with E-state index in [1.165, 1.54) is 37.7 Å². The van der Waals surface area contributed by atoms with Gasteiger partial charge in [0.25, 0.3) is 0 Å². The standard InChI is InChI=1S/C17H29NO2/c1-4-5-6-7-8-9-12-20-16-11-10-15(14-18-2)13-17(16)19-3/h10-11,13,18H,4-9,12,14H2,1-3H3. The van der Waals surface area contributed by atoms with Gasteiger partial charge < -0.3 is 14.8 Å². The van der Waals surface area contributed by atoms with Gasteiger partial charge in [-0.2, -0.15) is 0 Å². The van der Waals surface area contributed by atoms with E-state index in [1.807, 2.05) is 19.2 Å². The Balaban J connectivity index is 2.32. The van der Waals surface area contributed by atoms with Crippen molar-refractivity contribution >= 4 is 0 Å². The lowest BCUT2D eigenvalue weighted by atomic mass is 10.1. The van der Waals surface area contributed by atoms with Crippen LogP contribution >= 0.6 is 0 Å². The van der Waals surface area contributed by atoms with Crippen molar-refractivity contribution in [2.24, 2.45) is 0 Å². The largest absolute Gasteiger partial charge is 0.493 e. The Labute approximate surface area is 123 Å². The molecule has 0 aromatic heterocycles. The highest BCUT2D eigenvalue weighted by Gasteiger charge is 2.05. The van der Waals surface area contributed by atoms with Gasteiger partial charge in [0.1, 0.15) is 0 Å². The van der Waals surface area contributed by atoms with Gasteiger partial charge in [0, 0.05) is 6.54 Å². The Morgan fingerprint density at radius 1 is 1.00 bits per heavy atom. The Morgan fingerprint density at radius 3 is 2.45 bits per heavy atom. The fraction of sp³-hybridized carbons (Fsp3) is 0.647. The minimum atomic E-state index is 0.772. The van der Waals surface area contributed by atoms with Crippen molar-refractivity contribution in [1.82, 2.24) is 5.32 Å². The molecule has 3 heteroatoms. The molecule has 0 spiro atoms. The van der Waals surface area contributed by atoms with Crippen molar-refractivity contribution in [3.8, 4) is 11.5 Å². The first-order valence-corrected chi connectivity index (χ1v) is 7.76. The zero-order chi connectivity index (χ0) is 14.6. The average molecular weight is 279 g/mol. The fourth-order valence-electron chi connectivity index (χ4n) is 2.21. The molecule has 0 amide bonds. The Hall–Kier alpha value is -1.22. The number of rotatable bonds is 11. The minimum Gasteiger partial charge on any atom is -0.493 e. The highest BCUT2D eigenvalue weighted by atomic mass is 16.5. The summed E-state index contributed by atoms with van der Waals surface area (Å²) in [5.41, 5.74) is 1.20. The van der Waals surface area contributed by atoms with Gasteiger partial charge in [-0.1, -0.05) is 45.1 Å². The van der Waals surface area contributed by atoms with Crippen LogP contribution in [0.25, 0.3) is 0 Å². The maximum Gasteiger partial charge on any atom is 0.161 e. The van der Waals surface area contributed by atoms with E-state index in [2.05, 4.69) is 18.3 Å². The van der Waals surface area contributed by atoms with E-state index in [-0.39, 0.29) is 0 Å². The van der Waals surface area contributed by atoms with E-state index >= 15 is 0 Å². The molecule has 0 atom stereocenters. The SMILES string of the molecule is CCCCCCCCOc1ccc(CNC)cc1OC. The van der Waals surface area contributed by atoms with E-state index in [0.29, 0.717) is 0 Å². The first-order valence-electron chi connectivity index (χ1n) is 7.76. The van der Waals surface area contributed by atoms with Crippen molar-refractivity contribution in [2.75, 3.05) is 20.8 Å². The molecule has 0 aliphatic heterocycles. The molecule has 0 unspecified atom stereocenters. The molecule has 0 bridgehead atoms. The molecule has 0 aliphatic carbocycles. The van der Waals surface area contributed by atoms with Crippen LogP contribution in [0.1, 0.15) is 51.0 Å². The second kappa shape index (κ2) is 10.6. The zero-order valence-corrected chi connectivity index (χ0v) is 13.2. The molecule has 1 aromatic carbocycles. The highest BCUT2D eigenvalue weighted by Crippen LogP contribution is 2.28. The van der Waals surface area contributed by atoms with Crippen molar-refractivity contribution in [2.45, 2.75) is 52.0 Å². The third-order valence-electron chi connectivity index (χ3n) is 3.36. The molecular formula is C17H29NO2. The predicted molar refractivity (Wildman–Crippen MR) is 84.6 cm³/mol. The summed E-state index contributed by atoms with van der Waals surface area (Å²) in [7, 11) is 3.63. The van der Waals surface area contributed by atoms with Gasteiger partial charge >= 0.3 is 0 Å². The van der Waals surface area contributed by atoms with Crippen LogP contribution in [0.5, 0.6) is 11.5 Å². The van der Waals surface area contributed by atoms with Crippen LogP contribution in [-0.4, -0.2) is 20.8 Å². The van der Waals surface area contributed by atoms with Gasteiger partial charge in [0.05, 0.1) is 13.7 Å². The van der Waals surface area contributed by atoms with Crippen LogP contribution < -0.4 is 14.8 Å². The first kappa shape index (κ1) is 16.8. The number of hydrogen-bond donors (Lipinski definition) is 1. The lowest BCUT2D eigenvalue weighted by Crippen LogP contribution is -2.06. The number of benzene rings is 1. The van der Waals surface area contributed by atoms with Crippen molar-refractivity contribution in [1.29, 1.82) is 0 Å². The lowest BCUT2D eigenvalue weighted by Gasteiger charge is -2.12. The van der Waals surface area contributed by atoms with E-state index in [1.54, 1.807) is 7.11 Å². The molecule has 20 heavy (non-hydrogen) atoms. The Bertz CT molecular complexity index is 366. The monoisotopic (exact) mass is 279 g/mol. The quantitative estimate of drug-likeness (QED) is 0.617. The molecule has 1 aromatic rings. The number of unbranched alkanes of at least 4 members (excludes halogenated alkanes) is 5. The molecule has 0 fully saturated rings. The van der Waals surface area contributed by atoms with Crippen LogP contribution in [0.15, 0.2) is 18.2 Å². The fourth-order valence-corrected chi connectivity index (χ4v) is 2.21. The maximum absolute atomic E-state index is 5.82. The molecule has 114 valence electrons. The van der Waals surface area contributed by atoms with E-state index in [0.717, 1.165) is 31.1 Å². The molecule has 0 saturated carbocycles. The summed E-state index contributed by atoms with van der Waals surface area (Å²) < 4.78 is 11.2. The van der Waals surface area contributed by atoms with Gasteiger partial charge in [-0.3, -0.25) is 0 Å². The third-order valence-corrected chi connectivity index (χ3v) is 3.36. The second-order valence-electron chi connectivity index (χ2n) is 5.13. The summed E-state index contributed by atoms with van der Waals surface area (Å²) in [6.07, 6.45) is 7.67. The molecule has 0 heterocycles. The molecule has 3 nitrogen and oxygen atoms in total. The zero-order valence-electron chi connectivity index (χ0n) is 13.2. The van der Waals surface area contributed by atoms with Gasteiger partial charge in [-0.15, -0.1) is 0 Å². The topological polar surface area (TPSA) is 30.5 Å². The normalized spacial score (nSPS) is 10.6. The summed E-state index contributed by atoms with van der Waals surface area (Å²) in [5.74, 6) is 1.67. The number of hydrogen-bond acceptors (Lipinski definition) is 3. The van der Waals surface area contributed by atoms with Crippen molar-refractivity contribution < 1.29 is 9.47 Å². The van der Waals surface area contributed by atoms with Gasteiger partial charge in [0.15, 0.2) is 11.5 Å². The number of methoxy groups -OCH3 is 1. The van der Waals surface area contributed by atoms with Gasteiger partial charge in [-0.25, -0.2) is 0 Å². The number of ether oxygens (including phenoxy) is 2. The van der Waals surface area contributed by atoms with Crippen LogP contribution in [0, 0.1) is 0 Å². The van der Waals surface area contributed by atoms with Crippen molar-refractivity contribution in [3.05, 3.63) is 23.8 Å². The lowest BCUT2D eigenvalue weighted by molar-refractivity contribution is 0.284. The molecule has 0 saturated heterocycles. The molecular weight excluding hydrogens is 250 g/mol. The van der Waals surface area contributed by atoms with E-state index in [4.69, 9.17) is 9.47 Å². The minimum absolute atomic E-state index is 0.772. The van der Waals surface area contributed by atoms with E-state index in [9.17, 15) is 0 Å². The Kier molecular flexibility index (Phi) is 8.88. The summed E-state index contributed by atoms with van der Waals surface area (Å²) in [6.45, 7) is 3.86. The predicted octanol–water partition coefficient (Wildman–Crippen LogP) is 4.15. The maximum atomic E-state index is 5.82. The van der Waals surface area contributed by atoms with Crippen LogP contribution in [0.2, 0.25) is 0 Å². The Morgan fingerprint density at radius 2 is 1.75 bits per heavy atom. The third kappa shape index (κ3) is 6.29. The average Bonchev–Trinajstić information content (AvgIpc) is 2.47. The highest BCUT2D eigenvalue weighted by molar-refractivity contribution is 5.42. The molecule has 0 radical (unpaired) electrons. The van der Waals surface area contributed by atoms with Gasteiger partial charge in [0.2, 0.25) is 0 Å². The van der Waals surface area contributed by atoms with E-state index < -0.39 is 0 Å². The summed E-state index contributed by atoms with van der Waals surface area (Å²) >= 11 is 0. The molecule has 1 rings (SSSR count). The summed E-state index contributed by atoms with van der Waals surface area (Å²) in [4.78, 5) is 0. The first-order chi connectivity index (χ1) is 9.81. The van der Waals surface area contributed by atoms with Crippen LogP contribution in [0.3, 0.4) is 0 Å². The second-order valence-corrected chi connectivity index (χ2v) is 5.13. The molecule has 0 aliphatic rings. The van der Waals surface area contributed by atoms with Crippen LogP contribution in [-0.2, 0) is 6.54 Å². The van der Waals surface area contributed by atoms with Crippen LogP contribution in [0.4, 0.5) is 0 Å². The summed E-state index contributed by atoms with van der Waals surface area (Å²) in [5, 5.41) is 3.14. The molecule has 1 N–H and O–H groups in total. The van der Waals surface area contributed by atoms with Crippen molar-refractivity contribution in [3.63, 3.8) is 0 Å². The van der Waals surface area contributed by atoms with Gasteiger partial charge in [-0.05, 0) is 31.2 Å². The smallest absolute Gasteiger partial charge is 0.161 e. The number of nitrogens with one attached hydrogen (secondary N) is 1. The summed E-state index contributed by atoms with van der Waals surface area (Å²) in [6, 6.07) is 6.12.